The molecule has 0 aromatic heterocycles. The van der Waals surface area contributed by atoms with Gasteiger partial charge in [-0.2, -0.15) is 0 Å². The summed E-state index contributed by atoms with van der Waals surface area (Å²) in [6, 6.07) is 15.1. The van der Waals surface area contributed by atoms with Crippen molar-refractivity contribution in [2.45, 2.75) is 12.8 Å². The van der Waals surface area contributed by atoms with Gasteiger partial charge in [0.1, 0.15) is 5.75 Å². The number of hydrogen-bond acceptors (Lipinski definition) is 3. The van der Waals surface area contributed by atoms with Crippen molar-refractivity contribution in [3.8, 4) is 5.75 Å². The van der Waals surface area contributed by atoms with Crippen LogP contribution in [0.15, 0.2) is 48.5 Å². The summed E-state index contributed by atoms with van der Waals surface area (Å²) in [6.45, 7) is 0. The van der Waals surface area contributed by atoms with Crippen molar-refractivity contribution in [2.24, 2.45) is 0 Å². The number of ether oxygens (including phenoxy) is 1. The zero-order valence-electron chi connectivity index (χ0n) is 12.4. The predicted octanol–water partition coefficient (Wildman–Crippen LogP) is 2.87. The van der Waals surface area contributed by atoms with Crippen LogP contribution in [0.5, 0.6) is 5.75 Å². The van der Waals surface area contributed by atoms with Crippen molar-refractivity contribution < 1.29 is 9.53 Å². The lowest BCUT2D eigenvalue weighted by Crippen LogP contribution is -2.26. The minimum Gasteiger partial charge on any atom is -0.497 e. The first-order chi connectivity index (χ1) is 10.1. The lowest BCUT2D eigenvalue weighted by atomic mass is 10.1. The number of carbonyl (C=O) groups excluding carboxylic acids is 1. The third-order valence-electron chi connectivity index (χ3n) is 3.44. The molecule has 2 aromatic rings. The summed E-state index contributed by atoms with van der Waals surface area (Å²) in [5.74, 6) is 0.860. The van der Waals surface area contributed by atoms with Crippen LogP contribution in [0.3, 0.4) is 0 Å². The van der Waals surface area contributed by atoms with Crippen LogP contribution in [-0.4, -0.2) is 20.1 Å². The molecular formula is C17H20N2O2. The molecule has 2 rings (SSSR count). The number of nitrogen functional groups attached to an aromatic ring is 1. The maximum atomic E-state index is 12.2. The van der Waals surface area contributed by atoms with Gasteiger partial charge in [0.15, 0.2) is 0 Å². The summed E-state index contributed by atoms with van der Waals surface area (Å²) in [5.41, 5.74) is 8.35. The first-order valence-corrected chi connectivity index (χ1v) is 6.85. The number of carbonyl (C=O) groups is 1. The number of methoxy groups -OCH3 is 1. The molecule has 0 radical (unpaired) electrons. The van der Waals surface area contributed by atoms with Crippen molar-refractivity contribution in [3.63, 3.8) is 0 Å². The molecule has 0 bridgehead atoms. The van der Waals surface area contributed by atoms with Crippen LogP contribution in [0.2, 0.25) is 0 Å². The fourth-order valence-corrected chi connectivity index (χ4v) is 2.05. The van der Waals surface area contributed by atoms with Gasteiger partial charge in [-0.1, -0.05) is 12.1 Å². The summed E-state index contributed by atoms with van der Waals surface area (Å²) in [6.07, 6.45) is 1.17. The molecule has 4 heteroatoms. The van der Waals surface area contributed by atoms with Gasteiger partial charge < -0.3 is 15.4 Å². The van der Waals surface area contributed by atoms with E-state index in [0.29, 0.717) is 12.8 Å². The molecule has 0 unspecified atom stereocenters. The van der Waals surface area contributed by atoms with Gasteiger partial charge in [-0.25, -0.2) is 0 Å². The molecule has 4 nitrogen and oxygen atoms in total. The van der Waals surface area contributed by atoms with Crippen molar-refractivity contribution >= 4 is 17.3 Å². The highest BCUT2D eigenvalue weighted by atomic mass is 16.5. The third-order valence-corrected chi connectivity index (χ3v) is 3.44. The predicted molar refractivity (Wildman–Crippen MR) is 85.6 cm³/mol. The van der Waals surface area contributed by atoms with Gasteiger partial charge in [-0.15, -0.1) is 0 Å². The molecule has 2 N–H and O–H groups in total. The molecule has 0 fully saturated rings. The number of nitrogens with zero attached hydrogens (tertiary/aromatic N) is 1. The van der Waals surface area contributed by atoms with Gasteiger partial charge in [0.2, 0.25) is 5.91 Å². The largest absolute Gasteiger partial charge is 0.497 e. The summed E-state index contributed by atoms with van der Waals surface area (Å²) >= 11 is 0. The fourth-order valence-electron chi connectivity index (χ4n) is 2.05. The fraction of sp³-hybridized carbons (Fsp3) is 0.235. The van der Waals surface area contributed by atoms with E-state index in [1.54, 1.807) is 19.1 Å². The van der Waals surface area contributed by atoms with E-state index in [-0.39, 0.29) is 5.91 Å². The Bertz CT molecular complexity index is 591. The van der Waals surface area contributed by atoms with Crippen LogP contribution >= 0.6 is 0 Å². The van der Waals surface area contributed by atoms with Gasteiger partial charge in [0, 0.05) is 24.8 Å². The zero-order chi connectivity index (χ0) is 15.2. The second-order valence-electron chi connectivity index (χ2n) is 4.89. The average Bonchev–Trinajstić information content (AvgIpc) is 2.53. The number of aryl methyl sites for hydroxylation is 1. The number of rotatable bonds is 5. The molecule has 1 amide bonds. The maximum Gasteiger partial charge on any atom is 0.227 e. The van der Waals surface area contributed by atoms with E-state index < -0.39 is 0 Å². The minimum absolute atomic E-state index is 0.0805. The summed E-state index contributed by atoms with van der Waals surface area (Å²) in [4.78, 5) is 13.9. The Hall–Kier alpha value is -2.49. The normalized spacial score (nSPS) is 10.2. The first-order valence-electron chi connectivity index (χ1n) is 6.85. The highest BCUT2D eigenvalue weighted by Gasteiger charge is 2.11. The molecule has 0 aliphatic heterocycles. The molecular weight excluding hydrogens is 264 g/mol. The van der Waals surface area contributed by atoms with Gasteiger partial charge >= 0.3 is 0 Å². The number of anilines is 2. The van der Waals surface area contributed by atoms with Crippen molar-refractivity contribution in [2.75, 3.05) is 24.8 Å². The van der Waals surface area contributed by atoms with E-state index in [9.17, 15) is 4.79 Å². The van der Waals surface area contributed by atoms with Gasteiger partial charge in [0.05, 0.1) is 7.11 Å². The molecule has 0 heterocycles. The van der Waals surface area contributed by atoms with E-state index in [2.05, 4.69) is 0 Å². The second kappa shape index (κ2) is 6.79. The van der Waals surface area contributed by atoms with Gasteiger partial charge in [0.25, 0.3) is 0 Å². The SMILES string of the molecule is COc1ccc(N(C)C(=O)CCc2ccc(N)cc2)cc1. The molecule has 0 aliphatic carbocycles. The first kappa shape index (κ1) is 14.9. The van der Waals surface area contributed by atoms with Gasteiger partial charge in [-0.3, -0.25) is 4.79 Å². The minimum atomic E-state index is 0.0805. The van der Waals surface area contributed by atoms with Crippen LogP contribution < -0.4 is 15.4 Å². The van der Waals surface area contributed by atoms with Crippen molar-refractivity contribution in [1.29, 1.82) is 0 Å². The van der Waals surface area contributed by atoms with Crippen LogP contribution in [0.4, 0.5) is 11.4 Å². The van der Waals surface area contributed by atoms with Gasteiger partial charge in [-0.05, 0) is 48.4 Å². The smallest absolute Gasteiger partial charge is 0.227 e. The summed E-state index contributed by atoms with van der Waals surface area (Å²) in [5, 5.41) is 0. The standard InChI is InChI=1S/C17H20N2O2/c1-19(15-8-10-16(21-2)11-9-15)17(20)12-5-13-3-6-14(18)7-4-13/h3-4,6-11H,5,12,18H2,1-2H3. The highest BCUT2D eigenvalue weighted by molar-refractivity contribution is 5.92. The summed E-state index contributed by atoms with van der Waals surface area (Å²) < 4.78 is 5.11. The number of amides is 1. The van der Waals surface area contributed by atoms with Crippen LogP contribution in [0.1, 0.15) is 12.0 Å². The molecule has 0 aliphatic rings. The second-order valence-corrected chi connectivity index (χ2v) is 4.89. The Morgan fingerprint density at radius 3 is 2.29 bits per heavy atom. The zero-order valence-corrected chi connectivity index (χ0v) is 12.4. The number of hydrogen-bond donors (Lipinski definition) is 1. The Kier molecular flexibility index (Phi) is 4.82. The quantitative estimate of drug-likeness (QED) is 0.859. The van der Waals surface area contributed by atoms with Crippen LogP contribution in [0, 0.1) is 0 Å². The maximum absolute atomic E-state index is 12.2. The van der Waals surface area contributed by atoms with E-state index in [4.69, 9.17) is 10.5 Å². The summed E-state index contributed by atoms with van der Waals surface area (Å²) in [7, 11) is 3.41. The lowest BCUT2D eigenvalue weighted by Gasteiger charge is -2.17. The van der Waals surface area contributed by atoms with Crippen LogP contribution in [0.25, 0.3) is 0 Å². The molecule has 21 heavy (non-hydrogen) atoms. The van der Waals surface area contributed by atoms with E-state index >= 15 is 0 Å². The molecule has 110 valence electrons. The van der Waals surface area contributed by atoms with Crippen LogP contribution in [-0.2, 0) is 11.2 Å². The number of nitrogens with two attached hydrogens (primary N) is 1. The molecule has 0 saturated heterocycles. The Morgan fingerprint density at radius 2 is 1.71 bits per heavy atom. The molecule has 0 spiro atoms. The van der Waals surface area contributed by atoms with Crippen molar-refractivity contribution in [1.82, 2.24) is 0 Å². The highest BCUT2D eigenvalue weighted by Crippen LogP contribution is 2.19. The Morgan fingerprint density at radius 1 is 1.10 bits per heavy atom. The average molecular weight is 284 g/mol. The van der Waals surface area contributed by atoms with E-state index in [1.807, 2.05) is 48.5 Å². The van der Waals surface area contributed by atoms with E-state index in [0.717, 1.165) is 22.7 Å². The molecule has 0 saturated carbocycles. The monoisotopic (exact) mass is 284 g/mol. The topological polar surface area (TPSA) is 55.6 Å². The van der Waals surface area contributed by atoms with E-state index in [1.165, 1.54) is 0 Å². The number of benzene rings is 2. The molecule has 0 atom stereocenters. The Balaban J connectivity index is 1.93. The molecule has 2 aromatic carbocycles. The van der Waals surface area contributed by atoms with Crippen molar-refractivity contribution in [3.05, 3.63) is 54.1 Å². The lowest BCUT2D eigenvalue weighted by molar-refractivity contribution is -0.118. The third kappa shape index (κ3) is 3.99. The Labute approximate surface area is 125 Å².